The van der Waals surface area contributed by atoms with Crippen LogP contribution in [0.1, 0.15) is 0 Å². The quantitative estimate of drug-likeness (QED) is 0.108. The van der Waals surface area contributed by atoms with Gasteiger partial charge in [0, 0.05) is 118 Å². The van der Waals surface area contributed by atoms with Crippen LogP contribution in [0, 0.1) is 0 Å². The molecule has 8 heterocycles. The van der Waals surface area contributed by atoms with Crippen LogP contribution in [-0.4, -0.2) is 43.6 Å². The molecule has 137 heavy (non-hydrogen) atoms. The van der Waals surface area contributed by atoms with Crippen molar-refractivity contribution >= 4 is 128 Å². The number of benzene rings is 19. The highest BCUT2D eigenvalue weighted by molar-refractivity contribution is 7.26. The highest BCUT2D eigenvalue weighted by Crippen LogP contribution is 2.47. The Morgan fingerprint density at radius 2 is 0.496 bits per heavy atom. The first-order chi connectivity index (χ1) is 67.9. The monoisotopic (exact) mass is 1780 g/mol. The smallest absolute Gasteiger partial charge is 0.235 e. The van der Waals surface area contributed by atoms with Gasteiger partial charge in [0.2, 0.25) is 11.9 Å². The summed E-state index contributed by atoms with van der Waals surface area (Å²) >= 11 is 3.74. The van der Waals surface area contributed by atoms with Gasteiger partial charge in [-0.15, -0.1) is 22.7 Å². The second kappa shape index (κ2) is 35.1. The molecule has 0 aliphatic heterocycles. The van der Waals surface area contributed by atoms with Gasteiger partial charge in [0.05, 0.1) is 61.6 Å². The van der Waals surface area contributed by atoms with E-state index in [9.17, 15) is 0 Å². The van der Waals surface area contributed by atoms with Crippen LogP contribution < -0.4 is 0 Å². The van der Waals surface area contributed by atoms with Gasteiger partial charge < -0.3 is 4.57 Å². The van der Waals surface area contributed by atoms with Gasteiger partial charge in [-0.2, -0.15) is 0 Å². The summed E-state index contributed by atoms with van der Waals surface area (Å²) in [5, 5.41) is 12.5. The van der Waals surface area contributed by atoms with Crippen molar-refractivity contribution < 1.29 is 0 Å². The third-order valence-corrected chi connectivity index (χ3v) is 28.6. The number of thiophene rings is 2. The third-order valence-electron chi connectivity index (χ3n) is 26.2. The standard InChI is InChI=1S/C46H29N3S.C40H25N3S.C40H27N3/c1-3-12-30(13-4-1)40-29-41(31-14-5-2-6-15-31)48-46(47-40)32-22-25-34(26-23-32)49-42-20-9-7-16-36(42)37-27-24-33(28-43(37)49)35-18-11-19-39-38-17-8-10-21-44(38)50-45(35)39;1-3-12-26(13-4-1)34-25-35(27-14-5-2-6-15-27)42-40(41-34)43-36-20-9-7-16-30(36)33-24-28(22-23-37(33)43)29-18-11-19-32-31-17-8-10-21-38(31)44-39(29)32;1-3-10-28(11-4-1)30-18-20-31(21-19-30)32-14-9-15-34(26-32)37-24-25-41-40(42-37)43-38-17-8-7-16-35(38)36-23-22-33(27-39(36)43)29-12-5-2-6-13-29/h1-29H;1-25H;1-27H. The molecular formula is C126H81N9S2. The molecule has 11 heteroatoms. The Morgan fingerprint density at radius 1 is 0.168 bits per heavy atom. The van der Waals surface area contributed by atoms with Crippen LogP contribution in [0.2, 0.25) is 0 Å². The van der Waals surface area contributed by atoms with Crippen LogP contribution >= 0.6 is 22.7 Å². The number of hydrogen-bond acceptors (Lipinski definition) is 8. The molecule has 9 nitrogen and oxygen atoms in total. The molecule has 8 aromatic heterocycles. The molecule has 0 saturated heterocycles. The minimum atomic E-state index is 0.659. The van der Waals surface area contributed by atoms with Crippen LogP contribution in [-0.2, 0) is 0 Å². The van der Waals surface area contributed by atoms with Crippen LogP contribution in [0.25, 0.3) is 247 Å². The molecule has 0 fully saturated rings. The average molecular weight is 1790 g/mol. The van der Waals surface area contributed by atoms with Crippen LogP contribution in [0.15, 0.2) is 492 Å². The first-order valence-corrected chi connectivity index (χ1v) is 47.7. The Balaban J connectivity index is 0.000000110. The minimum Gasteiger partial charge on any atom is -0.309 e. The molecule has 0 bridgehead atoms. The van der Waals surface area contributed by atoms with Crippen LogP contribution in [0.5, 0.6) is 0 Å². The van der Waals surface area contributed by atoms with E-state index in [-0.39, 0.29) is 0 Å². The number of aromatic nitrogens is 9. The third kappa shape index (κ3) is 15.2. The Morgan fingerprint density at radius 3 is 1.02 bits per heavy atom. The predicted octanol–water partition coefficient (Wildman–Crippen LogP) is 33.8. The van der Waals surface area contributed by atoms with E-state index in [1.54, 1.807) is 0 Å². The molecule has 27 aromatic rings. The van der Waals surface area contributed by atoms with Crippen molar-refractivity contribution in [2.75, 3.05) is 0 Å². The lowest BCUT2D eigenvalue weighted by Gasteiger charge is -2.12. The molecule has 0 saturated carbocycles. The fourth-order valence-electron chi connectivity index (χ4n) is 19.6. The summed E-state index contributed by atoms with van der Waals surface area (Å²) in [7, 11) is 0. The summed E-state index contributed by atoms with van der Waals surface area (Å²) in [6.07, 6.45) is 1.86. The fourth-order valence-corrected chi connectivity index (χ4v) is 22.1. The first-order valence-electron chi connectivity index (χ1n) is 46.1. The Kier molecular flexibility index (Phi) is 20.8. The highest BCUT2D eigenvalue weighted by Gasteiger charge is 2.24. The van der Waals surface area contributed by atoms with E-state index in [4.69, 9.17) is 29.9 Å². The molecule has 0 amide bonds. The topological polar surface area (TPSA) is 92.1 Å². The summed E-state index contributed by atoms with van der Waals surface area (Å²) in [5.74, 6) is 2.03. The van der Waals surface area contributed by atoms with Crippen molar-refractivity contribution in [3.05, 3.63) is 492 Å². The zero-order chi connectivity index (χ0) is 90.6. The number of rotatable bonds is 14. The summed E-state index contributed by atoms with van der Waals surface area (Å²) in [6, 6.07) is 171. The lowest BCUT2D eigenvalue weighted by molar-refractivity contribution is 0.992. The Labute approximate surface area is 798 Å². The van der Waals surface area contributed by atoms with E-state index in [2.05, 4.69) is 432 Å². The minimum absolute atomic E-state index is 0.659. The molecule has 642 valence electrons. The first kappa shape index (κ1) is 81.3. The van der Waals surface area contributed by atoms with Gasteiger partial charge in [0.25, 0.3) is 0 Å². The van der Waals surface area contributed by atoms with Crippen LogP contribution in [0.4, 0.5) is 0 Å². The van der Waals surface area contributed by atoms with Gasteiger partial charge in [-0.3, -0.25) is 9.13 Å². The average Bonchev–Trinajstić information content (AvgIpc) is 1.58. The van der Waals surface area contributed by atoms with Crippen molar-refractivity contribution in [1.82, 2.24) is 43.6 Å². The van der Waals surface area contributed by atoms with E-state index in [0.717, 1.165) is 95.2 Å². The van der Waals surface area contributed by atoms with Crippen molar-refractivity contribution in [2.24, 2.45) is 0 Å². The number of nitrogens with zero attached hydrogens (tertiary/aromatic N) is 9. The molecule has 0 spiro atoms. The molecule has 0 aliphatic carbocycles. The van der Waals surface area contributed by atoms with Gasteiger partial charge in [-0.1, -0.05) is 382 Å². The SMILES string of the molecule is c1ccc(-c2cc(-c3ccccc3)nc(-c3ccc(-n4c5ccccc5c5ccc(-c6cccc7c6sc6ccccc67)cc54)cc3)n2)cc1.c1ccc(-c2cc(-c3ccccc3)nc(-n3c4ccccc4c4cc(-c5cccc6c5sc5ccccc56)ccc43)n2)cc1.c1ccc(-c2ccc(-c3cccc(-c4ccnc(-n5c6ccccc6c6ccc(-c7ccccc7)cc65)n4)c3)cc2)cc1. The second-order valence-electron chi connectivity index (χ2n) is 34.4. The lowest BCUT2D eigenvalue weighted by atomic mass is 9.98. The highest BCUT2D eigenvalue weighted by atomic mass is 32.1. The largest absolute Gasteiger partial charge is 0.309 e. The Bertz CT molecular complexity index is 9140. The maximum atomic E-state index is 5.17. The van der Waals surface area contributed by atoms with Gasteiger partial charge in [0.1, 0.15) is 0 Å². The maximum absolute atomic E-state index is 5.17. The van der Waals surface area contributed by atoms with E-state index in [1.807, 2.05) is 95.6 Å². The predicted molar refractivity (Wildman–Crippen MR) is 575 cm³/mol. The summed E-state index contributed by atoms with van der Waals surface area (Å²) in [5.41, 5.74) is 30.7. The van der Waals surface area contributed by atoms with E-state index in [0.29, 0.717) is 17.7 Å². The van der Waals surface area contributed by atoms with Crippen molar-refractivity contribution in [1.29, 1.82) is 0 Å². The van der Waals surface area contributed by atoms with Crippen molar-refractivity contribution in [3.8, 4) is 141 Å². The number of fused-ring (bicyclic) bond motifs is 15. The molecule has 0 atom stereocenters. The molecule has 0 aliphatic rings. The van der Waals surface area contributed by atoms with E-state index >= 15 is 0 Å². The molecular weight excluding hydrogens is 1700 g/mol. The van der Waals surface area contributed by atoms with E-state index < -0.39 is 0 Å². The fraction of sp³-hybridized carbons (Fsp3) is 0. The van der Waals surface area contributed by atoms with Crippen LogP contribution in [0.3, 0.4) is 0 Å². The van der Waals surface area contributed by atoms with E-state index in [1.165, 1.54) is 134 Å². The molecule has 27 rings (SSSR count). The molecule has 0 unspecified atom stereocenters. The van der Waals surface area contributed by atoms with Crippen molar-refractivity contribution in [3.63, 3.8) is 0 Å². The lowest BCUT2D eigenvalue weighted by Crippen LogP contribution is -2.03. The van der Waals surface area contributed by atoms with Gasteiger partial charge in [-0.05, 0) is 159 Å². The summed E-state index contributed by atoms with van der Waals surface area (Å²) < 4.78 is 12.1. The van der Waals surface area contributed by atoms with Crippen molar-refractivity contribution in [2.45, 2.75) is 0 Å². The zero-order valence-electron chi connectivity index (χ0n) is 74.1. The van der Waals surface area contributed by atoms with Gasteiger partial charge >= 0.3 is 0 Å². The van der Waals surface area contributed by atoms with Gasteiger partial charge in [0.15, 0.2) is 5.82 Å². The molecule has 0 N–H and O–H groups in total. The Hall–Kier alpha value is -17.7. The number of hydrogen-bond donors (Lipinski definition) is 0. The molecule has 0 radical (unpaired) electrons. The number of para-hydroxylation sites is 3. The van der Waals surface area contributed by atoms with Gasteiger partial charge in [-0.25, -0.2) is 29.9 Å². The zero-order valence-corrected chi connectivity index (χ0v) is 75.7. The summed E-state index contributed by atoms with van der Waals surface area (Å²) in [6.45, 7) is 0. The summed E-state index contributed by atoms with van der Waals surface area (Å²) in [4.78, 5) is 30.4. The second-order valence-corrected chi connectivity index (χ2v) is 36.5. The molecule has 19 aromatic carbocycles. The maximum Gasteiger partial charge on any atom is 0.235 e. The normalized spacial score (nSPS) is 11.5.